The van der Waals surface area contributed by atoms with E-state index in [1.165, 1.54) is 17.0 Å². The van der Waals surface area contributed by atoms with Crippen molar-refractivity contribution in [3.8, 4) is 0 Å². The van der Waals surface area contributed by atoms with E-state index in [0.717, 1.165) is 26.2 Å². The standard InChI is InChI=1S/C25H34N6O4S/c1-28-14-16-31(17-15-28)24(32)19-29(2)25(33)20-8-9-23(30-12-10-26-11-13-30)22(18-20)27-36(34,35)21-6-4-3-5-7-21/h3-9,18,26-27H,10-17,19H2,1-2H3. The van der Waals surface area contributed by atoms with E-state index in [1.54, 1.807) is 48.3 Å². The molecule has 0 radical (unpaired) electrons. The Hall–Kier alpha value is -3.15. The van der Waals surface area contributed by atoms with Gasteiger partial charge in [0.15, 0.2) is 0 Å². The molecule has 2 aromatic rings. The zero-order valence-electron chi connectivity index (χ0n) is 20.8. The molecule has 0 unspecified atom stereocenters. The number of hydrogen-bond donors (Lipinski definition) is 2. The molecule has 2 fully saturated rings. The number of carbonyl (C=O) groups is 2. The first-order valence-corrected chi connectivity index (χ1v) is 13.6. The molecule has 2 saturated heterocycles. The molecule has 2 N–H and O–H groups in total. The van der Waals surface area contributed by atoms with Gasteiger partial charge in [0.25, 0.3) is 15.9 Å². The van der Waals surface area contributed by atoms with Crippen LogP contribution in [0.5, 0.6) is 0 Å². The number of amides is 2. The Kier molecular flexibility index (Phi) is 8.12. The second-order valence-electron chi connectivity index (χ2n) is 9.23. The summed E-state index contributed by atoms with van der Waals surface area (Å²) in [5.74, 6) is -0.439. The Morgan fingerprint density at radius 3 is 2.31 bits per heavy atom. The van der Waals surface area contributed by atoms with Gasteiger partial charge in [0.05, 0.1) is 22.8 Å². The summed E-state index contributed by atoms with van der Waals surface area (Å²) < 4.78 is 28.9. The summed E-state index contributed by atoms with van der Waals surface area (Å²) in [4.78, 5) is 33.5. The molecular weight excluding hydrogens is 480 g/mol. The molecule has 10 nitrogen and oxygen atoms in total. The molecule has 2 amide bonds. The van der Waals surface area contributed by atoms with Gasteiger partial charge in [-0.15, -0.1) is 0 Å². The SMILES string of the molecule is CN1CCN(C(=O)CN(C)C(=O)c2ccc(N3CCNCC3)c(NS(=O)(=O)c3ccccc3)c2)CC1. The Bertz CT molecular complexity index is 1180. The maximum absolute atomic E-state index is 13.2. The number of anilines is 2. The van der Waals surface area contributed by atoms with Crippen LogP contribution in [0.15, 0.2) is 53.4 Å². The lowest BCUT2D eigenvalue weighted by Crippen LogP contribution is -2.50. The predicted molar refractivity (Wildman–Crippen MR) is 140 cm³/mol. The third-order valence-electron chi connectivity index (χ3n) is 6.57. The quantitative estimate of drug-likeness (QED) is 0.562. The highest BCUT2D eigenvalue weighted by Gasteiger charge is 2.25. The number of likely N-dealkylation sites (N-methyl/N-ethyl adjacent to an activating group) is 2. The van der Waals surface area contributed by atoms with Crippen LogP contribution in [0.1, 0.15) is 10.4 Å². The summed E-state index contributed by atoms with van der Waals surface area (Å²) in [5, 5.41) is 3.29. The highest BCUT2D eigenvalue weighted by Crippen LogP contribution is 2.30. The Morgan fingerprint density at radius 1 is 0.972 bits per heavy atom. The van der Waals surface area contributed by atoms with Gasteiger partial charge < -0.3 is 24.9 Å². The molecule has 194 valence electrons. The Morgan fingerprint density at radius 2 is 1.64 bits per heavy atom. The van der Waals surface area contributed by atoms with Crippen LogP contribution in [0.25, 0.3) is 0 Å². The molecule has 2 aliphatic rings. The molecule has 0 aliphatic carbocycles. The average Bonchev–Trinajstić information content (AvgIpc) is 2.89. The van der Waals surface area contributed by atoms with E-state index in [-0.39, 0.29) is 23.3 Å². The molecule has 2 aromatic carbocycles. The zero-order chi connectivity index (χ0) is 25.7. The van der Waals surface area contributed by atoms with Gasteiger partial charge in [-0.25, -0.2) is 8.42 Å². The summed E-state index contributed by atoms with van der Waals surface area (Å²) in [6.45, 7) is 5.85. The monoisotopic (exact) mass is 514 g/mol. The van der Waals surface area contributed by atoms with Crippen molar-refractivity contribution in [2.24, 2.45) is 0 Å². The van der Waals surface area contributed by atoms with Gasteiger partial charge in [-0.1, -0.05) is 18.2 Å². The van der Waals surface area contributed by atoms with E-state index in [4.69, 9.17) is 0 Å². The van der Waals surface area contributed by atoms with Crippen LogP contribution in [0.4, 0.5) is 11.4 Å². The molecule has 2 aliphatic heterocycles. The van der Waals surface area contributed by atoms with Crippen LogP contribution in [0.3, 0.4) is 0 Å². The fourth-order valence-corrected chi connectivity index (χ4v) is 5.47. The van der Waals surface area contributed by atoms with Crippen LogP contribution in [0, 0.1) is 0 Å². The second kappa shape index (κ2) is 11.3. The smallest absolute Gasteiger partial charge is 0.261 e. The van der Waals surface area contributed by atoms with Crippen LogP contribution < -0.4 is 14.9 Å². The maximum Gasteiger partial charge on any atom is 0.261 e. The molecule has 0 saturated carbocycles. The molecule has 2 heterocycles. The Balaban J connectivity index is 1.56. The van der Waals surface area contributed by atoms with Gasteiger partial charge in [-0.05, 0) is 37.4 Å². The van der Waals surface area contributed by atoms with Crippen molar-refractivity contribution in [3.05, 3.63) is 54.1 Å². The van der Waals surface area contributed by atoms with Gasteiger partial charge in [-0.3, -0.25) is 14.3 Å². The Labute approximate surface area is 212 Å². The fraction of sp³-hybridized carbons (Fsp3) is 0.440. The summed E-state index contributed by atoms with van der Waals surface area (Å²) in [5.41, 5.74) is 1.36. The van der Waals surface area contributed by atoms with E-state index in [0.29, 0.717) is 43.1 Å². The van der Waals surface area contributed by atoms with Crippen molar-refractivity contribution in [2.75, 3.05) is 82.6 Å². The third kappa shape index (κ3) is 6.15. The van der Waals surface area contributed by atoms with Gasteiger partial charge >= 0.3 is 0 Å². The topological polar surface area (TPSA) is 105 Å². The van der Waals surface area contributed by atoms with Gasteiger partial charge in [-0.2, -0.15) is 0 Å². The minimum absolute atomic E-state index is 0.0346. The van der Waals surface area contributed by atoms with E-state index >= 15 is 0 Å². The first-order chi connectivity index (χ1) is 17.2. The number of piperazine rings is 2. The highest BCUT2D eigenvalue weighted by atomic mass is 32.2. The van der Waals surface area contributed by atoms with Crippen molar-refractivity contribution in [2.45, 2.75) is 4.90 Å². The van der Waals surface area contributed by atoms with E-state index in [2.05, 4.69) is 19.8 Å². The van der Waals surface area contributed by atoms with Crippen LogP contribution in [-0.4, -0.2) is 108 Å². The first-order valence-electron chi connectivity index (χ1n) is 12.1. The lowest BCUT2D eigenvalue weighted by molar-refractivity contribution is -0.133. The number of benzene rings is 2. The minimum atomic E-state index is -3.86. The van der Waals surface area contributed by atoms with Crippen molar-refractivity contribution >= 4 is 33.2 Å². The van der Waals surface area contributed by atoms with Crippen molar-refractivity contribution in [1.82, 2.24) is 20.0 Å². The molecule has 0 bridgehead atoms. The van der Waals surface area contributed by atoms with Crippen LogP contribution >= 0.6 is 0 Å². The van der Waals surface area contributed by atoms with E-state index in [1.807, 2.05) is 7.05 Å². The number of hydrogen-bond acceptors (Lipinski definition) is 7. The zero-order valence-corrected chi connectivity index (χ0v) is 21.6. The maximum atomic E-state index is 13.2. The van der Waals surface area contributed by atoms with Gasteiger partial charge in [0.2, 0.25) is 5.91 Å². The lowest BCUT2D eigenvalue weighted by Gasteiger charge is -2.33. The van der Waals surface area contributed by atoms with E-state index in [9.17, 15) is 18.0 Å². The molecule has 36 heavy (non-hydrogen) atoms. The van der Waals surface area contributed by atoms with Crippen LogP contribution in [-0.2, 0) is 14.8 Å². The average molecular weight is 515 g/mol. The number of rotatable bonds is 7. The van der Waals surface area contributed by atoms with Gasteiger partial charge in [0.1, 0.15) is 0 Å². The summed E-state index contributed by atoms with van der Waals surface area (Å²) in [7, 11) is -0.247. The number of nitrogens with zero attached hydrogens (tertiary/aromatic N) is 4. The summed E-state index contributed by atoms with van der Waals surface area (Å²) in [6.07, 6.45) is 0. The number of carbonyl (C=O) groups excluding carboxylic acids is 2. The number of sulfonamides is 1. The van der Waals surface area contributed by atoms with Crippen molar-refractivity contribution in [1.29, 1.82) is 0 Å². The van der Waals surface area contributed by atoms with E-state index < -0.39 is 10.0 Å². The predicted octanol–water partition coefficient (Wildman–Crippen LogP) is 0.743. The first kappa shape index (κ1) is 25.9. The molecular formula is C25H34N6O4S. The molecule has 11 heteroatoms. The highest BCUT2D eigenvalue weighted by molar-refractivity contribution is 7.92. The van der Waals surface area contributed by atoms with Crippen molar-refractivity contribution in [3.63, 3.8) is 0 Å². The third-order valence-corrected chi connectivity index (χ3v) is 7.96. The van der Waals surface area contributed by atoms with Gasteiger partial charge in [0, 0.05) is 65.0 Å². The molecule has 4 rings (SSSR count). The lowest BCUT2D eigenvalue weighted by atomic mass is 10.1. The summed E-state index contributed by atoms with van der Waals surface area (Å²) >= 11 is 0. The van der Waals surface area contributed by atoms with Crippen molar-refractivity contribution < 1.29 is 18.0 Å². The number of nitrogens with one attached hydrogen (secondary N) is 2. The summed E-state index contributed by atoms with van der Waals surface area (Å²) in [6, 6.07) is 13.2. The molecule has 0 atom stereocenters. The van der Waals surface area contributed by atoms with Crippen LogP contribution in [0.2, 0.25) is 0 Å². The largest absolute Gasteiger partial charge is 0.367 e. The fourth-order valence-electron chi connectivity index (χ4n) is 4.39. The molecule has 0 spiro atoms. The second-order valence-corrected chi connectivity index (χ2v) is 10.9. The minimum Gasteiger partial charge on any atom is -0.367 e. The molecule has 0 aromatic heterocycles. The normalized spacial score (nSPS) is 17.1.